The fraction of sp³-hybridized carbons (Fsp3) is 0.368. The van der Waals surface area contributed by atoms with Crippen molar-refractivity contribution >= 4 is 11.6 Å². The Morgan fingerprint density at radius 1 is 1.08 bits per heavy atom. The predicted molar refractivity (Wildman–Crippen MR) is 96.9 cm³/mol. The fourth-order valence-corrected chi connectivity index (χ4v) is 2.83. The van der Waals surface area contributed by atoms with E-state index < -0.39 is 0 Å². The largest absolute Gasteiger partial charge is 0.493 e. The van der Waals surface area contributed by atoms with Gasteiger partial charge < -0.3 is 24.3 Å². The Bertz CT molecular complexity index is 748. The van der Waals surface area contributed by atoms with Gasteiger partial charge in [0.1, 0.15) is 0 Å². The minimum absolute atomic E-state index is 0.0555. The van der Waals surface area contributed by atoms with Gasteiger partial charge in [-0.05, 0) is 43.2 Å². The minimum atomic E-state index is 0.0555. The van der Waals surface area contributed by atoms with Gasteiger partial charge in [0, 0.05) is 24.2 Å². The number of ether oxygens (including phenoxy) is 4. The van der Waals surface area contributed by atoms with Crippen LogP contribution in [0.4, 0.5) is 0 Å². The van der Waals surface area contributed by atoms with Crippen molar-refractivity contribution < 1.29 is 18.9 Å². The first-order valence-corrected chi connectivity index (χ1v) is 8.57. The summed E-state index contributed by atoms with van der Waals surface area (Å²) < 4.78 is 21.9. The van der Waals surface area contributed by atoms with Crippen LogP contribution in [-0.2, 0) is 13.1 Å². The first-order chi connectivity index (χ1) is 12.1. The van der Waals surface area contributed by atoms with E-state index in [1.165, 1.54) is 0 Å². The van der Waals surface area contributed by atoms with Gasteiger partial charge in [0.05, 0.1) is 13.2 Å². The number of hydrogen-bond acceptors (Lipinski definition) is 5. The topological polar surface area (TPSA) is 49.0 Å². The minimum Gasteiger partial charge on any atom is -0.493 e. The summed E-state index contributed by atoms with van der Waals surface area (Å²) >= 11 is 6.39. The second-order valence-corrected chi connectivity index (χ2v) is 6.46. The second-order valence-electron chi connectivity index (χ2n) is 6.05. The highest BCUT2D eigenvalue weighted by Crippen LogP contribution is 2.34. The lowest BCUT2D eigenvalue weighted by molar-refractivity contribution is 0.174. The number of benzene rings is 2. The van der Waals surface area contributed by atoms with Crippen molar-refractivity contribution in [3.05, 3.63) is 46.5 Å². The zero-order chi connectivity index (χ0) is 17.8. The van der Waals surface area contributed by atoms with Crippen LogP contribution in [0.1, 0.15) is 25.0 Å². The molecule has 1 heterocycles. The Labute approximate surface area is 152 Å². The van der Waals surface area contributed by atoms with E-state index in [2.05, 4.69) is 5.32 Å². The van der Waals surface area contributed by atoms with Crippen LogP contribution in [0.5, 0.6) is 23.0 Å². The summed E-state index contributed by atoms with van der Waals surface area (Å²) in [4.78, 5) is 0. The third-order valence-corrected chi connectivity index (χ3v) is 4.13. The van der Waals surface area contributed by atoms with Gasteiger partial charge in [0.15, 0.2) is 23.0 Å². The molecule has 0 atom stereocenters. The second kappa shape index (κ2) is 7.85. The highest BCUT2D eigenvalue weighted by Gasteiger charge is 2.14. The fourth-order valence-electron chi connectivity index (χ4n) is 2.61. The monoisotopic (exact) mass is 363 g/mol. The molecule has 5 nitrogen and oxygen atoms in total. The predicted octanol–water partition coefficient (Wildman–Crippen LogP) is 4.15. The van der Waals surface area contributed by atoms with Gasteiger partial charge in [0.2, 0.25) is 6.79 Å². The Hall–Kier alpha value is -2.11. The van der Waals surface area contributed by atoms with Gasteiger partial charge in [-0.3, -0.25) is 0 Å². The van der Waals surface area contributed by atoms with E-state index in [-0.39, 0.29) is 12.9 Å². The molecule has 3 rings (SSSR count). The SMILES string of the molecule is COc1cc(CNCc2ccc3c(c2)OCO3)c(Cl)cc1OC(C)C. The number of fused-ring (bicyclic) bond motifs is 1. The van der Waals surface area contributed by atoms with Crippen LogP contribution in [-0.4, -0.2) is 20.0 Å². The molecule has 0 aromatic heterocycles. The van der Waals surface area contributed by atoms with Crippen molar-refractivity contribution in [3.8, 4) is 23.0 Å². The molecule has 0 bridgehead atoms. The normalized spacial score (nSPS) is 12.5. The van der Waals surface area contributed by atoms with Crippen molar-refractivity contribution in [2.75, 3.05) is 13.9 Å². The average Bonchev–Trinajstić information content (AvgIpc) is 3.04. The molecule has 0 radical (unpaired) electrons. The maximum atomic E-state index is 6.39. The third-order valence-electron chi connectivity index (χ3n) is 3.78. The maximum absolute atomic E-state index is 6.39. The van der Waals surface area contributed by atoms with E-state index in [1.807, 2.05) is 38.1 Å². The van der Waals surface area contributed by atoms with E-state index in [0.29, 0.717) is 29.6 Å². The summed E-state index contributed by atoms with van der Waals surface area (Å²) in [5, 5.41) is 4.03. The molecule has 0 saturated heterocycles. The van der Waals surface area contributed by atoms with Gasteiger partial charge in [-0.1, -0.05) is 17.7 Å². The summed E-state index contributed by atoms with van der Waals surface area (Å²) in [7, 11) is 1.63. The van der Waals surface area contributed by atoms with E-state index >= 15 is 0 Å². The zero-order valence-corrected chi connectivity index (χ0v) is 15.4. The lowest BCUT2D eigenvalue weighted by Crippen LogP contribution is -2.13. The molecule has 0 fully saturated rings. The van der Waals surface area contributed by atoms with Crippen molar-refractivity contribution in [3.63, 3.8) is 0 Å². The summed E-state index contributed by atoms with van der Waals surface area (Å²) in [6, 6.07) is 9.64. The molecule has 1 N–H and O–H groups in total. The molecule has 0 aliphatic carbocycles. The highest BCUT2D eigenvalue weighted by molar-refractivity contribution is 6.31. The van der Waals surface area contributed by atoms with Gasteiger partial charge in [-0.25, -0.2) is 0 Å². The Morgan fingerprint density at radius 3 is 2.64 bits per heavy atom. The molecule has 6 heteroatoms. The van der Waals surface area contributed by atoms with Crippen LogP contribution in [0.25, 0.3) is 0 Å². The quantitative estimate of drug-likeness (QED) is 0.800. The molecule has 0 saturated carbocycles. The van der Waals surface area contributed by atoms with E-state index in [4.69, 9.17) is 30.5 Å². The number of halogens is 1. The molecule has 0 amide bonds. The number of nitrogens with one attached hydrogen (secondary N) is 1. The zero-order valence-electron chi connectivity index (χ0n) is 14.6. The van der Waals surface area contributed by atoms with Crippen LogP contribution in [0.2, 0.25) is 5.02 Å². The molecule has 134 valence electrons. The van der Waals surface area contributed by atoms with Crippen molar-refractivity contribution in [1.82, 2.24) is 5.32 Å². The van der Waals surface area contributed by atoms with Gasteiger partial charge in [0.25, 0.3) is 0 Å². The highest BCUT2D eigenvalue weighted by atomic mass is 35.5. The number of methoxy groups -OCH3 is 1. The molecule has 25 heavy (non-hydrogen) atoms. The lowest BCUT2D eigenvalue weighted by atomic mass is 10.1. The van der Waals surface area contributed by atoms with Crippen LogP contribution in [0.15, 0.2) is 30.3 Å². The average molecular weight is 364 g/mol. The van der Waals surface area contributed by atoms with E-state index in [1.54, 1.807) is 13.2 Å². The molecule has 1 aliphatic rings. The molecular formula is C19H22ClNO4. The Balaban J connectivity index is 1.64. The molecule has 1 aliphatic heterocycles. The molecule has 0 unspecified atom stereocenters. The van der Waals surface area contributed by atoms with Crippen molar-refractivity contribution in [1.29, 1.82) is 0 Å². The maximum Gasteiger partial charge on any atom is 0.231 e. The van der Waals surface area contributed by atoms with E-state index in [9.17, 15) is 0 Å². The first-order valence-electron chi connectivity index (χ1n) is 8.19. The summed E-state index contributed by atoms with van der Waals surface area (Å²) in [6.07, 6.45) is 0.0555. The lowest BCUT2D eigenvalue weighted by Gasteiger charge is -2.16. The summed E-state index contributed by atoms with van der Waals surface area (Å²) in [6.45, 7) is 5.53. The standard InChI is InChI=1S/C19H22ClNO4/c1-12(2)25-19-8-15(20)14(7-17(19)22-3)10-21-9-13-4-5-16-18(6-13)24-11-23-16/h4-8,12,21H,9-11H2,1-3H3. The van der Waals surface area contributed by atoms with Crippen LogP contribution >= 0.6 is 11.6 Å². The van der Waals surface area contributed by atoms with Gasteiger partial charge in [-0.15, -0.1) is 0 Å². The van der Waals surface area contributed by atoms with E-state index in [0.717, 1.165) is 22.6 Å². The smallest absolute Gasteiger partial charge is 0.231 e. The van der Waals surface area contributed by atoms with Crippen molar-refractivity contribution in [2.45, 2.75) is 33.0 Å². The molecular weight excluding hydrogens is 342 g/mol. The first kappa shape index (κ1) is 17.7. The van der Waals surface area contributed by atoms with Gasteiger partial charge in [-0.2, -0.15) is 0 Å². The summed E-state index contributed by atoms with van der Waals surface area (Å²) in [5.74, 6) is 2.91. The third kappa shape index (κ3) is 4.30. The van der Waals surface area contributed by atoms with Crippen LogP contribution in [0.3, 0.4) is 0 Å². The molecule has 0 spiro atoms. The van der Waals surface area contributed by atoms with Crippen LogP contribution < -0.4 is 24.3 Å². The Kier molecular flexibility index (Phi) is 5.56. The number of rotatable bonds is 7. The Morgan fingerprint density at radius 2 is 1.88 bits per heavy atom. The molecule has 2 aromatic rings. The van der Waals surface area contributed by atoms with Crippen LogP contribution in [0, 0.1) is 0 Å². The van der Waals surface area contributed by atoms with Gasteiger partial charge >= 0.3 is 0 Å². The molecule has 2 aromatic carbocycles. The van der Waals surface area contributed by atoms with Crippen molar-refractivity contribution in [2.24, 2.45) is 0 Å². The summed E-state index contributed by atoms with van der Waals surface area (Å²) in [5.41, 5.74) is 2.07. The number of hydrogen-bond donors (Lipinski definition) is 1.